The molecule has 2 atom stereocenters. The predicted octanol–water partition coefficient (Wildman–Crippen LogP) is 3.51. The van der Waals surface area contributed by atoms with Crippen LogP contribution in [0, 0.1) is 11.8 Å². The Morgan fingerprint density at radius 2 is 1.96 bits per heavy atom. The normalized spacial score (nSPS) is 20.8. The highest BCUT2D eigenvalue weighted by Gasteiger charge is 2.52. The summed E-state index contributed by atoms with van der Waals surface area (Å²) in [5.41, 5.74) is 0.650. The summed E-state index contributed by atoms with van der Waals surface area (Å²) < 4.78 is 44.0. The van der Waals surface area contributed by atoms with Crippen molar-refractivity contribution in [2.24, 2.45) is 11.8 Å². The molecule has 0 spiro atoms. The van der Waals surface area contributed by atoms with Gasteiger partial charge in [-0.25, -0.2) is 0 Å². The Balaban J connectivity index is 0.00000243. The van der Waals surface area contributed by atoms with Crippen molar-refractivity contribution in [2.45, 2.75) is 12.7 Å². The molecule has 1 saturated heterocycles. The molecule has 1 aliphatic heterocycles. The summed E-state index contributed by atoms with van der Waals surface area (Å²) in [4.78, 5) is 16.6. The molecule has 1 N–H and O–H groups in total. The van der Waals surface area contributed by atoms with E-state index in [2.05, 4.69) is 10.1 Å². The second kappa shape index (κ2) is 7.81. The largest absolute Gasteiger partial charge is 0.481 e. The molecule has 6 nitrogen and oxygen atoms in total. The molecular weight excluding hydrogens is 398 g/mol. The minimum atomic E-state index is -4.57. The molecular formula is C15H14Cl2F3N3O3. The summed E-state index contributed by atoms with van der Waals surface area (Å²) in [5, 5.41) is 13.3. The average Bonchev–Trinajstić information content (AvgIpc) is 3.15. The van der Waals surface area contributed by atoms with Gasteiger partial charge in [-0.05, 0) is 24.3 Å². The van der Waals surface area contributed by atoms with E-state index in [0.717, 1.165) is 0 Å². The van der Waals surface area contributed by atoms with Crippen LogP contribution in [0.1, 0.15) is 5.89 Å². The van der Waals surface area contributed by atoms with Crippen molar-refractivity contribution in [1.29, 1.82) is 0 Å². The highest BCUT2D eigenvalue weighted by molar-refractivity contribution is 6.30. The van der Waals surface area contributed by atoms with Gasteiger partial charge < -0.3 is 9.63 Å². The first kappa shape index (κ1) is 20.5. The van der Waals surface area contributed by atoms with E-state index in [1.54, 1.807) is 24.3 Å². The van der Waals surface area contributed by atoms with Crippen LogP contribution in [0.15, 0.2) is 28.8 Å². The number of nitrogens with zero attached hydrogens (tertiary/aromatic N) is 3. The standard InChI is InChI=1S/C15H13ClF3N3O3.ClH/c16-9-3-1-8(2-4-9)13-20-12(25-21-13)7-22-5-10(14(23)24)11(6-22)15(17,18)19;/h1-4,10-11H,5-7H2,(H,23,24);1H/t10-,11-;/m1./s1. The molecule has 3 rings (SSSR count). The summed E-state index contributed by atoms with van der Waals surface area (Å²) in [7, 11) is 0. The van der Waals surface area contributed by atoms with Crippen LogP contribution in [0.25, 0.3) is 11.4 Å². The third-order valence-electron chi connectivity index (χ3n) is 4.06. The molecule has 142 valence electrons. The smallest absolute Gasteiger partial charge is 0.393 e. The van der Waals surface area contributed by atoms with E-state index >= 15 is 0 Å². The number of benzene rings is 1. The number of hydrogen-bond acceptors (Lipinski definition) is 5. The molecule has 2 aromatic rings. The Morgan fingerprint density at radius 1 is 1.31 bits per heavy atom. The summed E-state index contributed by atoms with van der Waals surface area (Å²) in [6, 6.07) is 6.68. The Kier molecular flexibility index (Phi) is 6.15. The predicted molar refractivity (Wildman–Crippen MR) is 87.9 cm³/mol. The lowest BCUT2D eigenvalue weighted by molar-refractivity contribution is -0.188. The number of halogens is 5. The summed E-state index contributed by atoms with van der Waals surface area (Å²) >= 11 is 5.80. The number of alkyl halides is 3. The van der Waals surface area contributed by atoms with Crippen LogP contribution in [0.3, 0.4) is 0 Å². The van der Waals surface area contributed by atoms with Crippen LogP contribution in [0.4, 0.5) is 13.2 Å². The zero-order chi connectivity index (χ0) is 18.2. The van der Waals surface area contributed by atoms with Gasteiger partial charge >= 0.3 is 12.1 Å². The third-order valence-corrected chi connectivity index (χ3v) is 4.31. The van der Waals surface area contributed by atoms with Crippen molar-refractivity contribution in [1.82, 2.24) is 15.0 Å². The fraction of sp³-hybridized carbons (Fsp3) is 0.400. The van der Waals surface area contributed by atoms with Crippen LogP contribution < -0.4 is 0 Å². The zero-order valence-electron chi connectivity index (χ0n) is 13.1. The van der Waals surface area contributed by atoms with Crippen molar-refractivity contribution in [3.05, 3.63) is 35.2 Å². The van der Waals surface area contributed by atoms with Crippen molar-refractivity contribution in [3.8, 4) is 11.4 Å². The van der Waals surface area contributed by atoms with E-state index in [0.29, 0.717) is 10.6 Å². The van der Waals surface area contributed by atoms with Crippen LogP contribution in [0.2, 0.25) is 5.02 Å². The highest BCUT2D eigenvalue weighted by Crippen LogP contribution is 2.38. The molecule has 1 fully saturated rings. The number of carbonyl (C=O) groups is 1. The lowest BCUT2D eigenvalue weighted by atomic mass is 9.96. The first-order valence-electron chi connectivity index (χ1n) is 7.34. The maximum Gasteiger partial charge on any atom is 0.393 e. The monoisotopic (exact) mass is 411 g/mol. The summed E-state index contributed by atoms with van der Waals surface area (Å²) in [5.74, 6) is -4.47. The summed E-state index contributed by atoms with van der Waals surface area (Å²) in [6.45, 7) is -0.686. The van der Waals surface area contributed by atoms with Gasteiger partial charge in [0.05, 0.1) is 18.4 Å². The molecule has 0 aliphatic carbocycles. The van der Waals surface area contributed by atoms with E-state index in [-0.39, 0.29) is 37.2 Å². The Bertz CT molecular complexity index is 767. The number of aromatic nitrogens is 2. The molecule has 1 aromatic heterocycles. The lowest BCUT2D eigenvalue weighted by Crippen LogP contribution is -2.33. The molecule has 1 aromatic carbocycles. The van der Waals surface area contributed by atoms with Crippen molar-refractivity contribution >= 4 is 30.0 Å². The molecule has 0 radical (unpaired) electrons. The third kappa shape index (κ3) is 4.46. The number of carboxylic acids is 1. The van der Waals surface area contributed by atoms with Crippen molar-refractivity contribution in [3.63, 3.8) is 0 Å². The maximum atomic E-state index is 13.0. The van der Waals surface area contributed by atoms with Crippen LogP contribution in [0.5, 0.6) is 0 Å². The van der Waals surface area contributed by atoms with Gasteiger partial charge in [0.25, 0.3) is 0 Å². The minimum Gasteiger partial charge on any atom is -0.481 e. The lowest BCUT2D eigenvalue weighted by Gasteiger charge is -2.17. The second-order valence-corrected chi connectivity index (χ2v) is 6.24. The minimum absolute atomic E-state index is 0. The van der Waals surface area contributed by atoms with Gasteiger partial charge in [0, 0.05) is 23.7 Å². The topological polar surface area (TPSA) is 79.5 Å². The SMILES string of the molecule is Cl.O=C(O)[C@@H]1CN(Cc2nc(-c3ccc(Cl)cc3)no2)C[C@H]1C(F)(F)F. The molecule has 11 heteroatoms. The fourth-order valence-corrected chi connectivity index (χ4v) is 2.95. The van der Waals surface area contributed by atoms with Gasteiger partial charge in [0.1, 0.15) is 0 Å². The molecule has 26 heavy (non-hydrogen) atoms. The number of hydrogen-bond donors (Lipinski definition) is 1. The van der Waals surface area contributed by atoms with Gasteiger partial charge in [-0.3, -0.25) is 9.69 Å². The van der Waals surface area contributed by atoms with Gasteiger partial charge in [-0.1, -0.05) is 16.8 Å². The maximum absolute atomic E-state index is 13.0. The van der Waals surface area contributed by atoms with Crippen molar-refractivity contribution in [2.75, 3.05) is 13.1 Å². The fourth-order valence-electron chi connectivity index (χ4n) is 2.82. The van der Waals surface area contributed by atoms with Gasteiger partial charge in [-0.2, -0.15) is 18.2 Å². The number of carboxylic acid groups (broad SMARTS) is 1. The van der Waals surface area contributed by atoms with Crippen LogP contribution in [-0.2, 0) is 11.3 Å². The van der Waals surface area contributed by atoms with E-state index in [4.69, 9.17) is 21.2 Å². The Hall–Kier alpha value is -1.84. The molecule has 1 aliphatic rings. The zero-order valence-corrected chi connectivity index (χ0v) is 14.7. The average molecular weight is 412 g/mol. The van der Waals surface area contributed by atoms with Crippen molar-refractivity contribution < 1.29 is 27.6 Å². The Morgan fingerprint density at radius 3 is 2.50 bits per heavy atom. The first-order chi connectivity index (χ1) is 11.7. The number of rotatable bonds is 4. The van der Waals surface area contributed by atoms with Gasteiger partial charge in [-0.15, -0.1) is 12.4 Å². The van der Waals surface area contributed by atoms with E-state index in [1.165, 1.54) is 4.90 Å². The van der Waals surface area contributed by atoms with E-state index in [9.17, 15) is 18.0 Å². The summed E-state index contributed by atoms with van der Waals surface area (Å²) in [6.07, 6.45) is -4.57. The number of likely N-dealkylation sites (tertiary alicyclic amines) is 1. The molecule has 2 heterocycles. The van der Waals surface area contributed by atoms with E-state index < -0.39 is 30.5 Å². The molecule has 0 unspecified atom stereocenters. The first-order valence-corrected chi connectivity index (χ1v) is 7.72. The van der Waals surface area contributed by atoms with E-state index in [1.807, 2.05) is 0 Å². The quantitative estimate of drug-likeness (QED) is 0.828. The molecule has 0 saturated carbocycles. The Labute approximate surface area is 157 Å². The molecule has 0 amide bonds. The number of aliphatic carboxylic acids is 1. The van der Waals surface area contributed by atoms with Gasteiger partial charge in [0.15, 0.2) is 0 Å². The second-order valence-electron chi connectivity index (χ2n) is 5.81. The van der Waals surface area contributed by atoms with Crippen LogP contribution >= 0.6 is 24.0 Å². The molecule has 0 bridgehead atoms. The van der Waals surface area contributed by atoms with Gasteiger partial charge in [0.2, 0.25) is 11.7 Å². The van der Waals surface area contributed by atoms with Crippen LogP contribution in [-0.4, -0.2) is 45.4 Å². The highest BCUT2D eigenvalue weighted by atomic mass is 35.5.